The first kappa shape index (κ1) is 16.4. The van der Waals surface area contributed by atoms with Crippen molar-refractivity contribution in [3.8, 4) is 0 Å². The number of pyridine rings is 1. The Morgan fingerprint density at radius 2 is 2.15 bits per heavy atom. The van der Waals surface area contributed by atoms with Gasteiger partial charge in [-0.25, -0.2) is 4.98 Å². The van der Waals surface area contributed by atoms with Crippen LogP contribution in [0.2, 0.25) is 0 Å². The molecule has 1 aromatic heterocycles. The molecule has 2 N–H and O–H groups in total. The first-order chi connectivity index (χ1) is 9.63. The average Bonchev–Trinajstić information content (AvgIpc) is 2.43. The van der Waals surface area contributed by atoms with E-state index < -0.39 is 0 Å². The molecule has 20 heavy (non-hydrogen) atoms. The van der Waals surface area contributed by atoms with Gasteiger partial charge in [-0.3, -0.25) is 4.79 Å². The molecule has 0 aliphatic carbocycles. The van der Waals surface area contributed by atoms with Gasteiger partial charge in [-0.1, -0.05) is 13.8 Å². The molecular weight excluding hydrogens is 254 g/mol. The summed E-state index contributed by atoms with van der Waals surface area (Å²) in [7, 11) is 0. The van der Waals surface area contributed by atoms with Gasteiger partial charge in [0.15, 0.2) is 0 Å². The summed E-state index contributed by atoms with van der Waals surface area (Å²) in [5.41, 5.74) is 1.34. The van der Waals surface area contributed by atoms with Crippen LogP contribution in [0.4, 0.5) is 5.69 Å². The maximum atomic E-state index is 11.8. The van der Waals surface area contributed by atoms with Crippen molar-refractivity contribution in [1.82, 2.24) is 10.3 Å². The van der Waals surface area contributed by atoms with Crippen LogP contribution in [0.15, 0.2) is 18.3 Å². The topological polar surface area (TPSA) is 63.2 Å². The number of hydrogen-bond donors (Lipinski definition) is 2. The lowest BCUT2D eigenvalue weighted by Gasteiger charge is -2.08. The zero-order chi connectivity index (χ0) is 14.8. The summed E-state index contributed by atoms with van der Waals surface area (Å²) in [6.07, 6.45) is 2.71. The molecular formula is C15H25N3O2. The van der Waals surface area contributed by atoms with Crippen LogP contribution in [-0.4, -0.2) is 37.2 Å². The summed E-state index contributed by atoms with van der Waals surface area (Å²) >= 11 is 0. The van der Waals surface area contributed by atoms with Gasteiger partial charge in [-0.15, -0.1) is 0 Å². The van der Waals surface area contributed by atoms with Crippen LogP contribution in [0.3, 0.4) is 0 Å². The first-order valence-electron chi connectivity index (χ1n) is 7.19. The fraction of sp³-hybridized carbons (Fsp3) is 0.600. The van der Waals surface area contributed by atoms with Crippen LogP contribution in [-0.2, 0) is 4.74 Å². The van der Waals surface area contributed by atoms with Crippen molar-refractivity contribution >= 4 is 11.6 Å². The molecule has 0 aliphatic rings. The number of carbonyl (C=O) groups is 1. The second-order valence-electron chi connectivity index (χ2n) is 5.01. The van der Waals surface area contributed by atoms with E-state index in [1.165, 1.54) is 0 Å². The van der Waals surface area contributed by atoms with Crippen LogP contribution in [0.1, 0.15) is 37.7 Å². The third-order valence-corrected chi connectivity index (χ3v) is 2.75. The average molecular weight is 279 g/mol. The minimum Gasteiger partial charge on any atom is -0.384 e. The van der Waals surface area contributed by atoms with Gasteiger partial charge < -0.3 is 15.4 Å². The fourth-order valence-corrected chi connectivity index (χ4v) is 1.59. The largest absolute Gasteiger partial charge is 0.384 e. The van der Waals surface area contributed by atoms with Crippen molar-refractivity contribution < 1.29 is 9.53 Å². The summed E-state index contributed by atoms with van der Waals surface area (Å²) in [4.78, 5) is 15.9. The zero-order valence-electron chi connectivity index (χ0n) is 12.6. The van der Waals surface area contributed by atoms with E-state index in [9.17, 15) is 4.79 Å². The monoisotopic (exact) mass is 279 g/mol. The van der Waals surface area contributed by atoms with Gasteiger partial charge in [-0.05, 0) is 31.4 Å². The molecule has 0 saturated heterocycles. The molecule has 5 nitrogen and oxygen atoms in total. The van der Waals surface area contributed by atoms with Crippen molar-refractivity contribution in [3.05, 3.63) is 24.0 Å². The van der Waals surface area contributed by atoms with Crippen molar-refractivity contribution in [1.29, 1.82) is 0 Å². The van der Waals surface area contributed by atoms with Crippen molar-refractivity contribution in [2.75, 3.05) is 31.6 Å². The molecule has 1 rings (SSSR count). The number of anilines is 1. The molecule has 1 aromatic rings. The zero-order valence-corrected chi connectivity index (χ0v) is 12.6. The molecule has 1 amide bonds. The molecule has 1 heterocycles. The Morgan fingerprint density at radius 1 is 1.35 bits per heavy atom. The lowest BCUT2D eigenvalue weighted by Crippen LogP contribution is -2.28. The molecule has 0 aromatic carbocycles. The Labute approximate surface area is 121 Å². The Balaban J connectivity index is 2.22. The normalized spacial score (nSPS) is 10.6. The molecule has 0 spiro atoms. The molecule has 0 bridgehead atoms. The minimum atomic E-state index is -0.166. The molecule has 0 saturated carbocycles. The quantitative estimate of drug-likeness (QED) is 0.681. The van der Waals surface area contributed by atoms with E-state index in [4.69, 9.17) is 4.74 Å². The van der Waals surface area contributed by atoms with Gasteiger partial charge in [0.25, 0.3) is 5.91 Å². The Bertz CT molecular complexity index is 391. The van der Waals surface area contributed by atoms with Crippen molar-refractivity contribution in [2.24, 2.45) is 5.92 Å². The lowest BCUT2D eigenvalue weighted by molar-refractivity contribution is 0.0901. The molecule has 0 fully saturated rings. The minimum absolute atomic E-state index is 0.166. The molecule has 0 radical (unpaired) electrons. The highest BCUT2D eigenvalue weighted by Gasteiger charge is 2.06. The highest BCUT2D eigenvalue weighted by atomic mass is 16.5. The van der Waals surface area contributed by atoms with E-state index in [2.05, 4.69) is 29.5 Å². The first-order valence-corrected chi connectivity index (χ1v) is 7.19. The van der Waals surface area contributed by atoms with Crippen molar-refractivity contribution in [3.63, 3.8) is 0 Å². The second kappa shape index (κ2) is 9.31. The van der Waals surface area contributed by atoms with E-state index in [0.717, 1.165) is 25.3 Å². The lowest BCUT2D eigenvalue weighted by atomic mass is 10.1. The van der Waals surface area contributed by atoms with E-state index >= 15 is 0 Å². The standard InChI is InChI=1S/C15H25N3O2/c1-4-16-13-5-6-14(18-11-13)15(19)17-8-10-20-9-7-12(2)3/h5-6,11-12,16H,4,7-10H2,1-3H3,(H,17,19). The number of carbonyl (C=O) groups excluding carboxylic acids is 1. The highest BCUT2D eigenvalue weighted by Crippen LogP contribution is 2.05. The summed E-state index contributed by atoms with van der Waals surface area (Å²) in [5, 5.41) is 5.93. The van der Waals surface area contributed by atoms with E-state index in [-0.39, 0.29) is 5.91 Å². The molecule has 0 atom stereocenters. The number of nitrogens with zero attached hydrogens (tertiary/aromatic N) is 1. The van der Waals surface area contributed by atoms with E-state index in [1.54, 1.807) is 12.3 Å². The number of rotatable bonds is 9. The summed E-state index contributed by atoms with van der Waals surface area (Å²) in [6.45, 7) is 8.95. The Hall–Kier alpha value is -1.62. The number of ether oxygens (including phenoxy) is 1. The predicted molar refractivity (Wildman–Crippen MR) is 81.0 cm³/mol. The van der Waals surface area contributed by atoms with Gasteiger partial charge in [0, 0.05) is 19.7 Å². The van der Waals surface area contributed by atoms with Gasteiger partial charge in [-0.2, -0.15) is 0 Å². The SMILES string of the molecule is CCNc1ccc(C(=O)NCCOCCC(C)C)nc1. The second-order valence-corrected chi connectivity index (χ2v) is 5.01. The van der Waals surface area contributed by atoms with Gasteiger partial charge in [0.05, 0.1) is 18.5 Å². The number of amides is 1. The highest BCUT2D eigenvalue weighted by molar-refractivity contribution is 5.92. The molecule has 0 aliphatic heterocycles. The number of hydrogen-bond acceptors (Lipinski definition) is 4. The molecule has 5 heteroatoms. The summed E-state index contributed by atoms with van der Waals surface area (Å²) < 4.78 is 5.44. The molecule has 112 valence electrons. The third kappa shape index (κ3) is 6.52. The Kier molecular flexibility index (Phi) is 7.65. The van der Waals surface area contributed by atoms with E-state index in [0.29, 0.717) is 24.8 Å². The molecule has 0 unspecified atom stereocenters. The maximum Gasteiger partial charge on any atom is 0.269 e. The van der Waals surface area contributed by atoms with Gasteiger partial charge in [0.1, 0.15) is 5.69 Å². The van der Waals surface area contributed by atoms with Crippen LogP contribution in [0.25, 0.3) is 0 Å². The summed E-state index contributed by atoms with van der Waals surface area (Å²) in [6, 6.07) is 3.57. The number of aromatic nitrogens is 1. The Morgan fingerprint density at radius 3 is 2.75 bits per heavy atom. The predicted octanol–water partition coefficient (Wildman–Crippen LogP) is 2.31. The maximum absolute atomic E-state index is 11.8. The smallest absolute Gasteiger partial charge is 0.269 e. The van der Waals surface area contributed by atoms with E-state index in [1.807, 2.05) is 13.0 Å². The van der Waals surface area contributed by atoms with Crippen molar-refractivity contribution in [2.45, 2.75) is 27.2 Å². The van der Waals surface area contributed by atoms with Crippen LogP contribution in [0.5, 0.6) is 0 Å². The van der Waals surface area contributed by atoms with Gasteiger partial charge in [0.2, 0.25) is 0 Å². The van der Waals surface area contributed by atoms with Crippen LogP contribution >= 0.6 is 0 Å². The number of nitrogens with one attached hydrogen (secondary N) is 2. The third-order valence-electron chi connectivity index (χ3n) is 2.75. The summed E-state index contributed by atoms with van der Waals surface area (Å²) in [5.74, 6) is 0.476. The van der Waals surface area contributed by atoms with Gasteiger partial charge >= 0.3 is 0 Å². The van der Waals surface area contributed by atoms with Crippen LogP contribution in [0, 0.1) is 5.92 Å². The van der Waals surface area contributed by atoms with Crippen LogP contribution < -0.4 is 10.6 Å². The fourth-order valence-electron chi connectivity index (χ4n) is 1.59.